The minimum absolute atomic E-state index is 0.527. The Morgan fingerprint density at radius 3 is 2.59 bits per heavy atom. The number of hydrogen-bond acceptors (Lipinski definition) is 6. The molecule has 3 N–H and O–H groups in total. The monoisotopic (exact) mass is 366 g/mol. The first kappa shape index (κ1) is 18.6. The highest BCUT2D eigenvalue weighted by molar-refractivity contribution is 5.91. The summed E-state index contributed by atoms with van der Waals surface area (Å²) in [6.45, 7) is 5.26. The van der Waals surface area contributed by atoms with Crippen molar-refractivity contribution in [1.29, 1.82) is 0 Å². The smallest absolute Gasteiger partial charge is 0.253 e. The molecular formula is C20H22N4O3. The zero-order valence-corrected chi connectivity index (χ0v) is 15.7. The molecule has 0 aliphatic carbocycles. The second-order valence-electron chi connectivity index (χ2n) is 6.74. The maximum atomic E-state index is 12.1. The van der Waals surface area contributed by atoms with E-state index in [1.54, 1.807) is 32.5 Å². The van der Waals surface area contributed by atoms with Crippen LogP contribution >= 0.6 is 0 Å². The Balaban J connectivity index is 2.07. The van der Waals surface area contributed by atoms with E-state index in [4.69, 9.17) is 9.94 Å². The summed E-state index contributed by atoms with van der Waals surface area (Å²) in [5.41, 5.74) is 2.95. The van der Waals surface area contributed by atoms with Gasteiger partial charge in [0, 0.05) is 16.6 Å². The summed E-state index contributed by atoms with van der Waals surface area (Å²) in [7, 11) is 1.54. The van der Waals surface area contributed by atoms with Gasteiger partial charge >= 0.3 is 0 Å². The van der Waals surface area contributed by atoms with Crippen molar-refractivity contribution >= 4 is 28.3 Å². The number of benzene rings is 2. The van der Waals surface area contributed by atoms with Gasteiger partial charge in [-0.2, -0.15) is 0 Å². The minimum atomic E-state index is -0.999. The van der Waals surface area contributed by atoms with E-state index in [1.165, 1.54) is 0 Å². The van der Waals surface area contributed by atoms with E-state index < -0.39 is 11.3 Å². The number of amides is 1. The lowest BCUT2D eigenvalue weighted by Crippen LogP contribution is -2.38. The number of anilines is 2. The van der Waals surface area contributed by atoms with Gasteiger partial charge in [0.05, 0.1) is 18.0 Å². The molecule has 0 bridgehead atoms. The molecule has 0 atom stereocenters. The van der Waals surface area contributed by atoms with Crippen molar-refractivity contribution in [3.63, 3.8) is 0 Å². The van der Waals surface area contributed by atoms with Gasteiger partial charge in [0.25, 0.3) is 5.91 Å². The highest BCUT2D eigenvalue weighted by Gasteiger charge is 2.33. The second kappa shape index (κ2) is 7.20. The molecular weight excluding hydrogens is 344 g/mol. The van der Waals surface area contributed by atoms with E-state index in [2.05, 4.69) is 15.3 Å². The van der Waals surface area contributed by atoms with Gasteiger partial charge < -0.3 is 10.1 Å². The van der Waals surface area contributed by atoms with Crippen molar-refractivity contribution in [3.8, 4) is 5.75 Å². The first-order valence-corrected chi connectivity index (χ1v) is 8.50. The number of nitrogens with one attached hydrogen (secondary N) is 2. The van der Waals surface area contributed by atoms with Gasteiger partial charge in [0.15, 0.2) is 0 Å². The Labute approximate surface area is 157 Å². The van der Waals surface area contributed by atoms with Crippen molar-refractivity contribution in [3.05, 3.63) is 53.9 Å². The van der Waals surface area contributed by atoms with E-state index in [9.17, 15) is 4.79 Å². The number of rotatable bonds is 5. The van der Waals surface area contributed by atoms with Gasteiger partial charge in [-0.15, -0.1) is 0 Å². The first-order valence-electron chi connectivity index (χ1n) is 8.50. The molecule has 1 heterocycles. The first-order chi connectivity index (χ1) is 12.9. The van der Waals surface area contributed by atoms with Crippen molar-refractivity contribution in [2.75, 3.05) is 12.4 Å². The summed E-state index contributed by atoms with van der Waals surface area (Å²) in [5, 5.41) is 13.3. The molecule has 0 fully saturated rings. The zero-order chi connectivity index (χ0) is 19.6. The van der Waals surface area contributed by atoms with Crippen molar-refractivity contribution in [1.82, 2.24) is 15.4 Å². The van der Waals surface area contributed by atoms with E-state index in [1.807, 2.05) is 43.3 Å². The van der Waals surface area contributed by atoms with Crippen LogP contribution in [0.3, 0.4) is 0 Å². The number of aromatic nitrogens is 2. The number of hydroxylamine groups is 1. The highest BCUT2D eigenvalue weighted by atomic mass is 16.5. The quantitative estimate of drug-likeness (QED) is 0.473. The minimum Gasteiger partial charge on any atom is -0.496 e. The Morgan fingerprint density at radius 2 is 1.89 bits per heavy atom. The molecule has 0 saturated heterocycles. The molecule has 3 rings (SSSR count). The molecule has 7 nitrogen and oxygen atoms in total. The number of carbonyl (C=O) groups excluding carboxylic acids is 1. The summed E-state index contributed by atoms with van der Waals surface area (Å²) in [5.74, 6) is 1.36. The SMILES string of the molecule is COc1ccc(Nc2nc(C)nc3ccccc23)cc1C(C)(C)C(=O)NO. The molecule has 0 radical (unpaired) electrons. The predicted octanol–water partition coefficient (Wildman–Crippen LogP) is 3.47. The van der Waals surface area contributed by atoms with Crippen LogP contribution in [0, 0.1) is 6.92 Å². The standard InChI is InChI=1S/C20H22N4O3/c1-12-21-16-8-6-5-7-14(16)18(22-12)23-13-9-10-17(27-4)15(11-13)20(2,3)19(25)24-26/h5-11,26H,1-4H3,(H,24,25)(H,21,22,23). The largest absolute Gasteiger partial charge is 0.496 e. The predicted molar refractivity (Wildman–Crippen MR) is 104 cm³/mol. The van der Waals surface area contributed by atoms with E-state index in [0.717, 1.165) is 16.6 Å². The normalized spacial score (nSPS) is 11.3. The second-order valence-corrected chi connectivity index (χ2v) is 6.74. The van der Waals surface area contributed by atoms with Gasteiger partial charge in [0.2, 0.25) is 0 Å². The number of methoxy groups -OCH3 is 1. The molecule has 0 unspecified atom stereocenters. The molecule has 7 heteroatoms. The number of hydrogen-bond donors (Lipinski definition) is 3. The number of para-hydroxylation sites is 1. The van der Waals surface area contributed by atoms with Crippen molar-refractivity contribution in [2.45, 2.75) is 26.2 Å². The van der Waals surface area contributed by atoms with Crippen LogP contribution in [0.1, 0.15) is 25.2 Å². The maximum Gasteiger partial charge on any atom is 0.253 e. The third kappa shape index (κ3) is 3.54. The van der Waals surface area contributed by atoms with Crippen LogP contribution in [0.2, 0.25) is 0 Å². The van der Waals surface area contributed by atoms with Gasteiger partial charge in [-0.05, 0) is 51.1 Å². The summed E-state index contributed by atoms with van der Waals surface area (Å²) < 4.78 is 5.41. The molecule has 0 saturated carbocycles. The van der Waals surface area contributed by atoms with E-state index in [-0.39, 0.29) is 0 Å². The average Bonchev–Trinajstić information content (AvgIpc) is 2.67. The lowest BCUT2D eigenvalue weighted by atomic mass is 9.83. The molecule has 1 amide bonds. The van der Waals surface area contributed by atoms with Gasteiger partial charge in [0.1, 0.15) is 17.4 Å². The number of fused-ring (bicyclic) bond motifs is 1. The summed E-state index contributed by atoms with van der Waals surface area (Å²) in [6, 6.07) is 13.2. The summed E-state index contributed by atoms with van der Waals surface area (Å²) >= 11 is 0. The topological polar surface area (TPSA) is 96.4 Å². The van der Waals surface area contributed by atoms with Gasteiger partial charge in [-0.3, -0.25) is 10.0 Å². The van der Waals surface area contributed by atoms with E-state index >= 15 is 0 Å². The third-order valence-corrected chi connectivity index (χ3v) is 4.52. The van der Waals surface area contributed by atoms with Crippen LogP contribution in [0.15, 0.2) is 42.5 Å². The third-order valence-electron chi connectivity index (χ3n) is 4.52. The maximum absolute atomic E-state index is 12.1. The molecule has 0 spiro atoms. The fourth-order valence-corrected chi connectivity index (χ4v) is 2.96. The fourth-order valence-electron chi connectivity index (χ4n) is 2.96. The van der Waals surface area contributed by atoms with Crippen molar-refractivity contribution < 1.29 is 14.7 Å². The van der Waals surface area contributed by atoms with Crippen LogP contribution < -0.4 is 15.5 Å². The number of carbonyl (C=O) groups is 1. The van der Waals surface area contributed by atoms with Gasteiger partial charge in [-0.25, -0.2) is 15.4 Å². The molecule has 2 aromatic carbocycles. The number of nitrogens with zero attached hydrogens (tertiary/aromatic N) is 2. The van der Waals surface area contributed by atoms with Crippen molar-refractivity contribution in [2.24, 2.45) is 0 Å². The van der Waals surface area contributed by atoms with Crippen LogP contribution in [0.25, 0.3) is 10.9 Å². The number of aryl methyl sites for hydroxylation is 1. The lowest BCUT2D eigenvalue weighted by molar-refractivity contribution is -0.134. The summed E-state index contributed by atoms with van der Waals surface area (Å²) in [4.78, 5) is 21.1. The molecule has 1 aromatic heterocycles. The Morgan fingerprint density at radius 1 is 1.15 bits per heavy atom. The Kier molecular flexibility index (Phi) is 4.96. The molecule has 0 aliphatic rings. The van der Waals surface area contributed by atoms with Crippen LogP contribution in [-0.2, 0) is 10.2 Å². The van der Waals surface area contributed by atoms with Crippen LogP contribution in [0.5, 0.6) is 5.75 Å². The van der Waals surface area contributed by atoms with E-state index in [0.29, 0.717) is 23.0 Å². The average molecular weight is 366 g/mol. The fraction of sp³-hybridized carbons (Fsp3) is 0.250. The molecule has 27 heavy (non-hydrogen) atoms. The molecule has 0 aliphatic heterocycles. The Bertz CT molecular complexity index is 1000. The highest BCUT2D eigenvalue weighted by Crippen LogP contribution is 2.35. The number of ether oxygens (including phenoxy) is 1. The zero-order valence-electron chi connectivity index (χ0n) is 15.7. The van der Waals surface area contributed by atoms with Crippen LogP contribution in [-0.4, -0.2) is 28.2 Å². The van der Waals surface area contributed by atoms with Gasteiger partial charge in [-0.1, -0.05) is 12.1 Å². The molecule has 140 valence electrons. The van der Waals surface area contributed by atoms with Crippen LogP contribution in [0.4, 0.5) is 11.5 Å². The Hall–Kier alpha value is -3.19. The summed E-state index contributed by atoms with van der Waals surface area (Å²) in [6.07, 6.45) is 0. The lowest BCUT2D eigenvalue weighted by Gasteiger charge is -2.25. The molecule has 3 aromatic rings.